The number of carbonyl (C=O) groups is 1. The van der Waals surface area contributed by atoms with Gasteiger partial charge in [-0.1, -0.05) is 6.07 Å². The molecule has 1 N–H and O–H groups in total. The van der Waals surface area contributed by atoms with Gasteiger partial charge < -0.3 is 9.84 Å². The van der Waals surface area contributed by atoms with Crippen molar-refractivity contribution in [2.45, 2.75) is 0 Å². The van der Waals surface area contributed by atoms with E-state index in [1.807, 2.05) is 0 Å². The molecule has 7 heteroatoms. The molecule has 0 spiro atoms. The molecular formula is C20H14FN3O3. The largest absolute Gasteiger partial charge is 0.496 e. The first-order valence-corrected chi connectivity index (χ1v) is 8.09. The number of hydrogen-bond acceptors (Lipinski definition) is 4. The van der Waals surface area contributed by atoms with Gasteiger partial charge in [0.05, 0.1) is 18.5 Å². The number of halogens is 1. The van der Waals surface area contributed by atoms with E-state index in [9.17, 15) is 14.3 Å². The molecule has 0 fully saturated rings. The molecule has 0 aliphatic rings. The van der Waals surface area contributed by atoms with Crippen LogP contribution < -0.4 is 4.74 Å². The number of aromatic nitrogens is 3. The predicted molar refractivity (Wildman–Crippen MR) is 97.3 cm³/mol. The first-order valence-electron chi connectivity index (χ1n) is 8.09. The molecule has 0 unspecified atom stereocenters. The van der Waals surface area contributed by atoms with E-state index in [1.165, 1.54) is 25.3 Å². The Labute approximate surface area is 153 Å². The average Bonchev–Trinajstić information content (AvgIpc) is 3.12. The van der Waals surface area contributed by atoms with Crippen molar-refractivity contribution in [3.8, 4) is 28.3 Å². The number of ether oxygens (including phenoxy) is 1. The van der Waals surface area contributed by atoms with E-state index in [0.717, 1.165) is 16.8 Å². The van der Waals surface area contributed by atoms with Crippen molar-refractivity contribution in [1.29, 1.82) is 0 Å². The molecule has 4 aromatic rings. The fraction of sp³-hybridized carbons (Fsp3) is 0.0500. The maximum Gasteiger partial charge on any atom is 0.339 e. The van der Waals surface area contributed by atoms with Crippen molar-refractivity contribution >= 4 is 11.6 Å². The van der Waals surface area contributed by atoms with E-state index in [0.29, 0.717) is 11.3 Å². The smallest absolute Gasteiger partial charge is 0.339 e. The molecule has 2 aromatic heterocycles. The first kappa shape index (κ1) is 16.7. The number of carboxylic acids is 1. The first-order chi connectivity index (χ1) is 13.1. The summed E-state index contributed by atoms with van der Waals surface area (Å²) in [5.74, 6) is -1.11. The fourth-order valence-electron chi connectivity index (χ4n) is 2.90. The molecule has 0 amide bonds. The van der Waals surface area contributed by atoms with Gasteiger partial charge in [0.1, 0.15) is 17.1 Å². The number of fused-ring (bicyclic) bond motifs is 1. The molecule has 6 nitrogen and oxygen atoms in total. The highest BCUT2D eigenvalue weighted by molar-refractivity contribution is 5.92. The van der Waals surface area contributed by atoms with Gasteiger partial charge in [0, 0.05) is 23.4 Å². The van der Waals surface area contributed by atoms with Gasteiger partial charge in [-0.15, -0.1) is 0 Å². The summed E-state index contributed by atoms with van der Waals surface area (Å²) in [5, 5.41) is 13.8. The van der Waals surface area contributed by atoms with Crippen molar-refractivity contribution in [2.75, 3.05) is 7.11 Å². The molecule has 4 rings (SSSR count). The molecule has 0 saturated carbocycles. The van der Waals surface area contributed by atoms with Crippen molar-refractivity contribution in [3.63, 3.8) is 0 Å². The second-order valence-electron chi connectivity index (χ2n) is 5.86. The highest BCUT2D eigenvalue weighted by Gasteiger charge is 2.15. The predicted octanol–water partition coefficient (Wildman–Crippen LogP) is 3.91. The maximum atomic E-state index is 13.2. The lowest BCUT2D eigenvalue weighted by molar-refractivity contribution is 0.0693. The summed E-state index contributed by atoms with van der Waals surface area (Å²) >= 11 is 0. The van der Waals surface area contributed by atoms with E-state index in [1.54, 1.807) is 47.1 Å². The van der Waals surface area contributed by atoms with Crippen LogP contribution >= 0.6 is 0 Å². The highest BCUT2D eigenvalue weighted by atomic mass is 19.1. The van der Waals surface area contributed by atoms with Gasteiger partial charge in [-0.25, -0.2) is 18.7 Å². The zero-order chi connectivity index (χ0) is 19.0. The van der Waals surface area contributed by atoms with E-state index >= 15 is 0 Å². The lowest BCUT2D eigenvalue weighted by atomic mass is 10.1. The lowest BCUT2D eigenvalue weighted by Crippen LogP contribution is -2.01. The Morgan fingerprint density at radius 1 is 1.07 bits per heavy atom. The molecule has 27 heavy (non-hydrogen) atoms. The van der Waals surface area contributed by atoms with Crippen LogP contribution in [-0.2, 0) is 0 Å². The summed E-state index contributed by atoms with van der Waals surface area (Å²) in [6.07, 6.45) is 1.65. The summed E-state index contributed by atoms with van der Waals surface area (Å²) in [6.45, 7) is 0. The number of carboxylic acid groups (broad SMARTS) is 1. The van der Waals surface area contributed by atoms with Crippen LogP contribution in [0.5, 0.6) is 5.75 Å². The monoisotopic (exact) mass is 363 g/mol. The molecule has 0 saturated heterocycles. The second-order valence-corrected chi connectivity index (χ2v) is 5.86. The lowest BCUT2D eigenvalue weighted by Gasteiger charge is -2.09. The summed E-state index contributed by atoms with van der Waals surface area (Å²) < 4.78 is 20.0. The van der Waals surface area contributed by atoms with E-state index in [4.69, 9.17) is 4.74 Å². The Bertz CT molecular complexity index is 1150. The van der Waals surface area contributed by atoms with Gasteiger partial charge in [0.2, 0.25) is 0 Å². The zero-order valence-electron chi connectivity index (χ0n) is 14.3. The summed E-state index contributed by atoms with van der Waals surface area (Å²) in [5.41, 5.74) is 3.59. The minimum atomic E-state index is -1.06. The van der Waals surface area contributed by atoms with Gasteiger partial charge >= 0.3 is 5.97 Å². The van der Waals surface area contributed by atoms with Gasteiger partial charge in [-0.3, -0.25) is 0 Å². The molecule has 0 bridgehead atoms. The normalized spacial score (nSPS) is 10.9. The number of nitrogens with zero attached hydrogens (tertiary/aromatic N) is 3. The Morgan fingerprint density at radius 3 is 2.52 bits per heavy atom. The molecule has 0 aliphatic heterocycles. The Morgan fingerprint density at radius 2 is 1.81 bits per heavy atom. The van der Waals surface area contributed by atoms with Crippen LogP contribution in [-0.4, -0.2) is 32.8 Å². The van der Waals surface area contributed by atoms with Crippen LogP contribution in [0.1, 0.15) is 10.4 Å². The number of benzene rings is 2. The quantitative estimate of drug-likeness (QED) is 0.595. The van der Waals surface area contributed by atoms with Gasteiger partial charge in [0.15, 0.2) is 5.65 Å². The molecule has 0 radical (unpaired) electrons. The van der Waals surface area contributed by atoms with Gasteiger partial charge in [-0.05, 0) is 42.5 Å². The van der Waals surface area contributed by atoms with Crippen LogP contribution in [0.15, 0.2) is 60.8 Å². The minimum absolute atomic E-state index is 0.0824. The maximum absolute atomic E-state index is 13.2. The molecule has 0 atom stereocenters. The Balaban J connectivity index is 1.85. The van der Waals surface area contributed by atoms with E-state index in [-0.39, 0.29) is 17.1 Å². The molecular weight excluding hydrogens is 349 g/mol. The zero-order valence-corrected chi connectivity index (χ0v) is 14.3. The Kier molecular flexibility index (Phi) is 4.04. The summed E-state index contributed by atoms with van der Waals surface area (Å²) in [7, 11) is 1.42. The fourth-order valence-corrected chi connectivity index (χ4v) is 2.90. The third kappa shape index (κ3) is 2.99. The minimum Gasteiger partial charge on any atom is -0.496 e. The SMILES string of the molecule is COc1cc(-c2ccnc3cc(-c4ccc(F)cc4)nn23)ccc1C(=O)O. The number of methoxy groups -OCH3 is 1. The van der Waals surface area contributed by atoms with Crippen molar-refractivity contribution in [2.24, 2.45) is 0 Å². The van der Waals surface area contributed by atoms with Crippen molar-refractivity contribution < 1.29 is 19.0 Å². The number of hydrogen-bond donors (Lipinski definition) is 1. The number of rotatable bonds is 4. The summed E-state index contributed by atoms with van der Waals surface area (Å²) in [6, 6.07) is 14.5. The van der Waals surface area contributed by atoms with Crippen LogP contribution in [0.4, 0.5) is 4.39 Å². The summed E-state index contributed by atoms with van der Waals surface area (Å²) in [4.78, 5) is 15.6. The molecule has 2 aromatic carbocycles. The standard InChI is InChI=1S/C20H14FN3O3/c1-27-18-10-13(4-7-15(18)20(25)26)17-8-9-22-19-11-16(23-24(17)19)12-2-5-14(21)6-3-12/h2-11H,1H3,(H,25,26). The third-order valence-electron chi connectivity index (χ3n) is 4.23. The second kappa shape index (κ2) is 6.53. The average molecular weight is 363 g/mol. The number of aromatic carboxylic acids is 1. The van der Waals surface area contributed by atoms with E-state index in [2.05, 4.69) is 10.1 Å². The van der Waals surface area contributed by atoms with Crippen LogP contribution in [0.3, 0.4) is 0 Å². The van der Waals surface area contributed by atoms with Crippen LogP contribution in [0, 0.1) is 5.82 Å². The Hall–Kier alpha value is -3.74. The third-order valence-corrected chi connectivity index (χ3v) is 4.23. The molecule has 0 aliphatic carbocycles. The van der Waals surface area contributed by atoms with Crippen LogP contribution in [0.2, 0.25) is 0 Å². The molecule has 134 valence electrons. The topological polar surface area (TPSA) is 76.7 Å². The highest BCUT2D eigenvalue weighted by Crippen LogP contribution is 2.29. The van der Waals surface area contributed by atoms with E-state index < -0.39 is 5.97 Å². The van der Waals surface area contributed by atoms with Gasteiger partial charge in [0.25, 0.3) is 0 Å². The van der Waals surface area contributed by atoms with Crippen molar-refractivity contribution in [3.05, 3.63) is 72.2 Å². The van der Waals surface area contributed by atoms with Gasteiger partial charge in [-0.2, -0.15) is 5.10 Å². The van der Waals surface area contributed by atoms with Crippen molar-refractivity contribution in [1.82, 2.24) is 14.6 Å². The molecule has 2 heterocycles. The van der Waals surface area contributed by atoms with Crippen LogP contribution in [0.25, 0.3) is 28.2 Å².